The number of carbonyl (C=O) groups excluding carboxylic acids is 2. The van der Waals surface area contributed by atoms with E-state index in [1.807, 2.05) is 32.0 Å². The first-order valence-corrected chi connectivity index (χ1v) is 8.32. The Balaban J connectivity index is 1.68. The van der Waals surface area contributed by atoms with E-state index >= 15 is 0 Å². The topological polar surface area (TPSA) is 58.6 Å². The Hall–Kier alpha value is -2.82. The second-order valence-electron chi connectivity index (χ2n) is 6.47. The summed E-state index contributed by atoms with van der Waals surface area (Å²) in [6.07, 6.45) is 0.729. The molecule has 5 nitrogen and oxygen atoms in total. The van der Waals surface area contributed by atoms with Crippen molar-refractivity contribution in [3.8, 4) is 5.75 Å². The van der Waals surface area contributed by atoms with Crippen LogP contribution in [0.3, 0.4) is 0 Å². The van der Waals surface area contributed by atoms with Crippen molar-refractivity contribution in [2.45, 2.75) is 20.3 Å². The second-order valence-corrected chi connectivity index (χ2v) is 6.47. The third-order valence-electron chi connectivity index (χ3n) is 4.27. The lowest BCUT2D eigenvalue weighted by atomic mass is 9.98. The van der Waals surface area contributed by atoms with Crippen molar-refractivity contribution in [2.24, 2.45) is 0 Å². The number of amides is 2. The molecule has 0 atom stereocenters. The number of rotatable bonds is 4. The minimum absolute atomic E-state index is 0.00797. The number of nitrogens with one attached hydrogen (secondary N) is 1. The molecule has 3 rings (SSSR count). The number of ether oxygens (including phenoxy) is 1. The fraction of sp³-hybridized carbons (Fsp3) is 0.300. The van der Waals surface area contributed by atoms with Crippen LogP contribution < -0.4 is 10.1 Å². The normalized spacial score (nSPS) is 13.4. The van der Waals surface area contributed by atoms with Crippen LogP contribution in [0.25, 0.3) is 0 Å². The fourth-order valence-corrected chi connectivity index (χ4v) is 3.13. The van der Waals surface area contributed by atoms with Crippen LogP contribution in [-0.2, 0) is 11.2 Å². The molecule has 1 N–H and O–H groups in total. The van der Waals surface area contributed by atoms with Crippen LogP contribution in [0, 0.1) is 13.8 Å². The van der Waals surface area contributed by atoms with Crippen LogP contribution in [0.1, 0.15) is 27.0 Å². The number of aryl methyl sites for hydroxylation is 2. The van der Waals surface area contributed by atoms with E-state index in [2.05, 4.69) is 11.4 Å². The van der Waals surface area contributed by atoms with Crippen molar-refractivity contribution in [3.63, 3.8) is 0 Å². The summed E-state index contributed by atoms with van der Waals surface area (Å²) in [4.78, 5) is 26.1. The number of carbonyl (C=O) groups is 2. The maximum Gasteiger partial charge on any atom is 0.262 e. The lowest BCUT2D eigenvalue weighted by Gasteiger charge is -2.26. The Labute approximate surface area is 147 Å². The van der Waals surface area contributed by atoms with E-state index in [1.54, 1.807) is 24.1 Å². The number of benzene rings is 2. The molecule has 1 aliphatic rings. The highest BCUT2D eigenvalue weighted by molar-refractivity contribution is 5.97. The lowest BCUT2D eigenvalue weighted by Crippen LogP contribution is -2.34. The third kappa shape index (κ3) is 3.82. The molecule has 0 radical (unpaired) electrons. The molecule has 1 heterocycles. The van der Waals surface area contributed by atoms with Gasteiger partial charge in [-0.3, -0.25) is 9.59 Å². The molecule has 0 spiro atoms. The highest BCUT2D eigenvalue weighted by atomic mass is 16.5. The molecule has 0 saturated heterocycles. The molecule has 0 saturated carbocycles. The molecule has 130 valence electrons. The number of fused-ring (bicyclic) bond motifs is 1. The highest BCUT2D eigenvalue weighted by Crippen LogP contribution is 2.27. The summed E-state index contributed by atoms with van der Waals surface area (Å²) >= 11 is 0. The number of nitrogens with zero attached hydrogens (tertiary/aromatic N) is 1. The Morgan fingerprint density at radius 3 is 2.64 bits per heavy atom. The van der Waals surface area contributed by atoms with Crippen LogP contribution in [0.5, 0.6) is 5.75 Å². The predicted molar refractivity (Wildman–Crippen MR) is 97.1 cm³/mol. The maximum absolute atomic E-state index is 12.2. The molecule has 1 aliphatic heterocycles. The second kappa shape index (κ2) is 6.97. The number of likely N-dealkylation sites (N-methyl/N-ethyl adjacent to an activating group) is 1. The molecule has 2 aromatic carbocycles. The zero-order valence-electron chi connectivity index (χ0n) is 14.8. The third-order valence-corrected chi connectivity index (χ3v) is 4.27. The summed E-state index contributed by atoms with van der Waals surface area (Å²) in [7, 11) is 1.79. The Bertz CT molecular complexity index is 809. The van der Waals surface area contributed by atoms with Crippen molar-refractivity contribution in [1.29, 1.82) is 0 Å². The molecular formula is C20H22N2O3. The van der Waals surface area contributed by atoms with Crippen molar-refractivity contribution >= 4 is 17.5 Å². The van der Waals surface area contributed by atoms with Crippen LogP contribution in [0.15, 0.2) is 36.4 Å². The summed E-state index contributed by atoms with van der Waals surface area (Å²) in [5.41, 5.74) is 4.48. The first kappa shape index (κ1) is 17.0. The number of hydrogen-bond donors (Lipinski definition) is 1. The van der Waals surface area contributed by atoms with Crippen molar-refractivity contribution in [3.05, 3.63) is 58.7 Å². The maximum atomic E-state index is 12.2. The van der Waals surface area contributed by atoms with E-state index in [9.17, 15) is 9.59 Å². The zero-order valence-corrected chi connectivity index (χ0v) is 14.8. The van der Waals surface area contributed by atoms with Gasteiger partial charge in [0.1, 0.15) is 5.75 Å². The number of anilines is 1. The molecule has 25 heavy (non-hydrogen) atoms. The van der Waals surface area contributed by atoms with Crippen molar-refractivity contribution in [1.82, 2.24) is 4.90 Å². The Kier molecular flexibility index (Phi) is 4.74. The first-order valence-electron chi connectivity index (χ1n) is 8.32. The Morgan fingerprint density at radius 2 is 1.92 bits per heavy atom. The van der Waals surface area contributed by atoms with Gasteiger partial charge in [-0.15, -0.1) is 0 Å². The summed E-state index contributed by atoms with van der Waals surface area (Å²) in [5, 5.41) is 2.85. The lowest BCUT2D eigenvalue weighted by molar-refractivity contribution is -0.118. The predicted octanol–water partition coefficient (Wildman–Crippen LogP) is 2.95. The Morgan fingerprint density at radius 1 is 1.20 bits per heavy atom. The summed E-state index contributed by atoms with van der Waals surface area (Å²) in [6, 6.07) is 11.3. The first-order chi connectivity index (χ1) is 11.9. The molecular weight excluding hydrogens is 316 g/mol. The van der Waals surface area contributed by atoms with E-state index < -0.39 is 0 Å². The highest BCUT2D eigenvalue weighted by Gasteiger charge is 2.24. The minimum Gasteiger partial charge on any atom is -0.483 e. The van der Waals surface area contributed by atoms with Crippen LogP contribution in [0.4, 0.5) is 5.69 Å². The van der Waals surface area contributed by atoms with Gasteiger partial charge in [-0.05, 0) is 55.7 Å². The monoisotopic (exact) mass is 338 g/mol. The smallest absolute Gasteiger partial charge is 0.262 e. The quantitative estimate of drug-likeness (QED) is 0.932. The molecule has 0 fully saturated rings. The number of hydrogen-bond acceptors (Lipinski definition) is 3. The van der Waals surface area contributed by atoms with E-state index in [1.165, 1.54) is 0 Å². The standard InChI is InChI=1S/C20H22N2O3/c1-13-9-14(2)11-15(10-13)21-19(23)12-25-18-6-4-5-17-16(18)7-8-22(3)20(17)24/h4-6,9-11H,7-8,12H2,1-3H3,(H,21,23). The van der Waals surface area contributed by atoms with E-state index in [-0.39, 0.29) is 18.4 Å². The van der Waals surface area contributed by atoms with Crippen LogP contribution >= 0.6 is 0 Å². The van der Waals surface area contributed by atoms with Crippen LogP contribution in [-0.4, -0.2) is 36.9 Å². The average molecular weight is 338 g/mol. The summed E-state index contributed by atoms with van der Waals surface area (Å²) in [5.74, 6) is 0.378. The van der Waals surface area contributed by atoms with Gasteiger partial charge in [-0.2, -0.15) is 0 Å². The van der Waals surface area contributed by atoms with Crippen molar-refractivity contribution in [2.75, 3.05) is 25.5 Å². The van der Waals surface area contributed by atoms with Gasteiger partial charge in [0.15, 0.2) is 6.61 Å². The van der Waals surface area contributed by atoms with Crippen LogP contribution in [0.2, 0.25) is 0 Å². The summed E-state index contributed by atoms with van der Waals surface area (Å²) < 4.78 is 5.70. The zero-order chi connectivity index (χ0) is 18.0. The molecule has 0 bridgehead atoms. The molecule has 2 aromatic rings. The van der Waals surface area contributed by atoms with E-state index in [0.717, 1.165) is 28.8 Å². The van der Waals surface area contributed by atoms with E-state index in [4.69, 9.17) is 4.74 Å². The summed E-state index contributed by atoms with van der Waals surface area (Å²) in [6.45, 7) is 4.54. The molecule has 0 unspecified atom stereocenters. The van der Waals surface area contributed by atoms with E-state index in [0.29, 0.717) is 17.9 Å². The molecule has 2 amide bonds. The molecule has 0 aliphatic carbocycles. The van der Waals surface area contributed by atoms with Gasteiger partial charge in [0.2, 0.25) is 0 Å². The SMILES string of the molecule is Cc1cc(C)cc(NC(=O)COc2cccc3c2CCN(C)C3=O)c1. The van der Waals surface area contributed by atoms with Gasteiger partial charge < -0.3 is 15.0 Å². The van der Waals surface area contributed by atoms with Gasteiger partial charge in [0.05, 0.1) is 0 Å². The minimum atomic E-state index is -0.221. The molecule has 5 heteroatoms. The van der Waals surface area contributed by atoms with Crippen molar-refractivity contribution < 1.29 is 14.3 Å². The fourth-order valence-electron chi connectivity index (χ4n) is 3.13. The largest absolute Gasteiger partial charge is 0.483 e. The van der Waals surface area contributed by atoms with Gasteiger partial charge in [0, 0.05) is 30.4 Å². The van der Waals surface area contributed by atoms with Gasteiger partial charge in [-0.1, -0.05) is 12.1 Å². The average Bonchev–Trinajstić information content (AvgIpc) is 2.55. The van der Waals surface area contributed by atoms with Gasteiger partial charge in [0.25, 0.3) is 11.8 Å². The van der Waals surface area contributed by atoms with Gasteiger partial charge in [-0.25, -0.2) is 0 Å². The molecule has 0 aromatic heterocycles. The van der Waals surface area contributed by atoms with Gasteiger partial charge >= 0.3 is 0 Å².